The Bertz CT molecular complexity index is 687. The molecule has 2 rings (SSSR count). The van der Waals surface area contributed by atoms with E-state index in [2.05, 4.69) is 11.6 Å². The summed E-state index contributed by atoms with van der Waals surface area (Å²) in [5.74, 6) is 0.964. The average molecular weight is 291 g/mol. The van der Waals surface area contributed by atoms with Crippen LogP contribution in [0.1, 0.15) is 18.1 Å². The Morgan fingerprint density at radius 1 is 1.45 bits per heavy atom. The SMILES string of the molecule is C=Cc1c(Oc2cc(N)cc(Cl)c2)c(CC)c[nH]c1=O. The summed E-state index contributed by atoms with van der Waals surface area (Å²) in [4.78, 5) is 14.5. The molecule has 1 aromatic heterocycles. The van der Waals surface area contributed by atoms with Gasteiger partial charge >= 0.3 is 0 Å². The minimum absolute atomic E-state index is 0.248. The van der Waals surface area contributed by atoms with Gasteiger partial charge in [0.1, 0.15) is 11.5 Å². The van der Waals surface area contributed by atoms with Gasteiger partial charge in [-0.25, -0.2) is 0 Å². The van der Waals surface area contributed by atoms with Crippen LogP contribution < -0.4 is 16.0 Å². The van der Waals surface area contributed by atoms with E-state index in [1.165, 1.54) is 6.08 Å². The number of aryl methyl sites for hydroxylation is 1. The lowest BCUT2D eigenvalue weighted by Gasteiger charge is -2.13. The second-order valence-electron chi connectivity index (χ2n) is 4.27. The standard InChI is InChI=1S/C15H15ClN2O2/c1-3-9-8-18-15(19)13(4-2)14(9)20-12-6-10(16)5-11(17)7-12/h4-8H,2-3,17H2,1H3,(H,18,19). The molecule has 4 nitrogen and oxygen atoms in total. The minimum atomic E-state index is -0.248. The Morgan fingerprint density at radius 2 is 2.20 bits per heavy atom. The summed E-state index contributed by atoms with van der Waals surface area (Å²) in [6, 6.07) is 4.92. The number of anilines is 1. The molecule has 1 heterocycles. The van der Waals surface area contributed by atoms with Gasteiger partial charge in [-0.3, -0.25) is 4.79 Å². The van der Waals surface area contributed by atoms with Crippen molar-refractivity contribution >= 4 is 23.4 Å². The van der Waals surface area contributed by atoms with Crippen LogP contribution in [0.2, 0.25) is 5.02 Å². The first kappa shape index (κ1) is 14.2. The molecule has 104 valence electrons. The third kappa shape index (κ3) is 2.86. The Labute approximate surface area is 121 Å². The van der Waals surface area contributed by atoms with E-state index in [0.29, 0.717) is 34.2 Å². The molecule has 0 spiro atoms. The molecule has 0 radical (unpaired) electrons. The quantitative estimate of drug-likeness (QED) is 0.845. The van der Waals surface area contributed by atoms with Crippen LogP contribution in [0.5, 0.6) is 11.5 Å². The molecule has 0 fully saturated rings. The number of H-pyrrole nitrogens is 1. The summed E-state index contributed by atoms with van der Waals surface area (Å²) in [5.41, 5.74) is 7.24. The molecule has 2 aromatic rings. The van der Waals surface area contributed by atoms with Crippen molar-refractivity contribution in [3.05, 3.63) is 57.5 Å². The van der Waals surface area contributed by atoms with Gasteiger partial charge in [0.2, 0.25) is 0 Å². The fourth-order valence-electron chi connectivity index (χ4n) is 1.90. The van der Waals surface area contributed by atoms with Gasteiger partial charge in [-0.1, -0.05) is 31.2 Å². The number of halogens is 1. The smallest absolute Gasteiger partial charge is 0.258 e. The average Bonchev–Trinajstić information content (AvgIpc) is 2.38. The fourth-order valence-corrected chi connectivity index (χ4v) is 2.14. The molecule has 0 aliphatic heterocycles. The zero-order chi connectivity index (χ0) is 14.7. The van der Waals surface area contributed by atoms with Crippen LogP contribution in [-0.4, -0.2) is 4.98 Å². The molecule has 20 heavy (non-hydrogen) atoms. The van der Waals surface area contributed by atoms with E-state index in [-0.39, 0.29) is 5.56 Å². The highest BCUT2D eigenvalue weighted by Gasteiger charge is 2.12. The number of aromatic amines is 1. The number of ether oxygens (including phenoxy) is 1. The molecular weight excluding hydrogens is 276 g/mol. The molecule has 5 heteroatoms. The number of pyridine rings is 1. The highest BCUT2D eigenvalue weighted by molar-refractivity contribution is 6.31. The van der Waals surface area contributed by atoms with E-state index in [9.17, 15) is 4.79 Å². The molecule has 0 aliphatic carbocycles. The van der Waals surface area contributed by atoms with Crippen LogP contribution in [0.4, 0.5) is 5.69 Å². The summed E-state index contributed by atoms with van der Waals surface area (Å²) in [7, 11) is 0. The first-order valence-electron chi connectivity index (χ1n) is 6.16. The van der Waals surface area contributed by atoms with Crippen LogP contribution in [0, 0.1) is 0 Å². The summed E-state index contributed by atoms with van der Waals surface area (Å²) < 4.78 is 5.81. The Morgan fingerprint density at radius 3 is 2.80 bits per heavy atom. The Kier molecular flexibility index (Phi) is 4.15. The molecule has 0 unspecified atom stereocenters. The van der Waals surface area contributed by atoms with Gasteiger partial charge in [0.05, 0.1) is 5.56 Å². The van der Waals surface area contributed by atoms with Crippen molar-refractivity contribution in [2.45, 2.75) is 13.3 Å². The lowest BCUT2D eigenvalue weighted by atomic mass is 10.1. The second-order valence-corrected chi connectivity index (χ2v) is 4.70. The first-order chi connectivity index (χ1) is 9.55. The van der Waals surface area contributed by atoms with Gasteiger partial charge in [-0.15, -0.1) is 0 Å². The molecule has 0 saturated carbocycles. The lowest BCUT2D eigenvalue weighted by Crippen LogP contribution is -2.12. The molecule has 0 atom stereocenters. The van der Waals surface area contributed by atoms with E-state index in [0.717, 1.165) is 5.56 Å². The number of nitrogen functional groups attached to an aromatic ring is 1. The molecular formula is C15H15ClN2O2. The van der Waals surface area contributed by atoms with Gasteiger partial charge in [-0.05, 0) is 18.6 Å². The van der Waals surface area contributed by atoms with Gasteiger partial charge < -0.3 is 15.5 Å². The summed E-state index contributed by atoms with van der Waals surface area (Å²) in [6.45, 7) is 5.63. The summed E-state index contributed by atoms with van der Waals surface area (Å²) in [6.07, 6.45) is 3.82. The van der Waals surface area contributed by atoms with Gasteiger partial charge in [0, 0.05) is 28.5 Å². The molecule has 3 N–H and O–H groups in total. The van der Waals surface area contributed by atoms with Crippen LogP contribution >= 0.6 is 11.6 Å². The van der Waals surface area contributed by atoms with Crippen molar-refractivity contribution in [2.24, 2.45) is 0 Å². The summed E-state index contributed by atoms with van der Waals surface area (Å²) in [5, 5.41) is 0.475. The van der Waals surface area contributed by atoms with E-state index < -0.39 is 0 Å². The maximum absolute atomic E-state index is 11.8. The molecule has 0 aliphatic rings. The number of hydrogen-bond acceptors (Lipinski definition) is 3. The van der Waals surface area contributed by atoms with Crippen molar-refractivity contribution < 1.29 is 4.74 Å². The van der Waals surface area contributed by atoms with Crippen LogP contribution in [-0.2, 0) is 6.42 Å². The Balaban J connectivity index is 2.54. The van der Waals surface area contributed by atoms with Crippen molar-refractivity contribution in [3.8, 4) is 11.5 Å². The maximum atomic E-state index is 11.8. The highest BCUT2D eigenvalue weighted by Crippen LogP contribution is 2.31. The predicted molar refractivity (Wildman–Crippen MR) is 82.5 cm³/mol. The van der Waals surface area contributed by atoms with Crippen molar-refractivity contribution in [1.82, 2.24) is 4.98 Å². The van der Waals surface area contributed by atoms with E-state index in [1.807, 2.05) is 6.92 Å². The normalized spacial score (nSPS) is 10.3. The molecule has 1 aromatic carbocycles. The monoisotopic (exact) mass is 290 g/mol. The lowest BCUT2D eigenvalue weighted by molar-refractivity contribution is 0.474. The second kappa shape index (κ2) is 5.84. The van der Waals surface area contributed by atoms with Crippen molar-refractivity contribution in [2.75, 3.05) is 5.73 Å². The largest absolute Gasteiger partial charge is 0.456 e. The van der Waals surface area contributed by atoms with Crippen LogP contribution in [0.25, 0.3) is 6.08 Å². The van der Waals surface area contributed by atoms with E-state index in [1.54, 1.807) is 24.4 Å². The maximum Gasteiger partial charge on any atom is 0.258 e. The van der Waals surface area contributed by atoms with Crippen LogP contribution in [0.3, 0.4) is 0 Å². The number of aromatic nitrogens is 1. The zero-order valence-electron chi connectivity index (χ0n) is 11.1. The van der Waals surface area contributed by atoms with E-state index >= 15 is 0 Å². The molecule has 0 saturated heterocycles. The summed E-state index contributed by atoms with van der Waals surface area (Å²) >= 11 is 5.95. The number of rotatable bonds is 4. The number of nitrogens with one attached hydrogen (secondary N) is 1. The van der Waals surface area contributed by atoms with E-state index in [4.69, 9.17) is 22.1 Å². The Hall–Kier alpha value is -2.20. The van der Waals surface area contributed by atoms with Crippen LogP contribution in [0.15, 0.2) is 35.8 Å². The van der Waals surface area contributed by atoms with Crippen molar-refractivity contribution in [3.63, 3.8) is 0 Å². The molecule has 0 bridgehead atoms. The fraction of sp³-hybridized carbons (Fsp3) is 0.133. The highest BCUT2D eigenvalue weighted by atomic mass is 35.5. The third-order valence-electron chi connectivity index (χ3n) is 2.86. The number of nitrogens with two attached hydrogens (primary N) is 1. The third-order valence-corrected chi connectivity index (χ3v) is 3.08. The van der Waals surface area contributed by atoms with Gasteiger partial charge in [0.15, 0.2) is 0 Å². The topological polar surface area (TPSA) is 68.1 Å². The minimum Gasteiger partial charge on any atom is -0.456 e. The van der Waals surface area contributed by atoms with Gasteiger partial charge in [0.25, 0.3) is 5.56 Å². The molecule has 0 amide bonds. The number of hydrogen-bond donors (Lipinski definition) is 2. The first-order valence-corrected chi connectivity index (χ1v) is 6.53. The van der Waals surface area contributed by atoms with Crippen molar-refractivity contribution in [1.29, 1.82) is 0 Å². The predicted octanol–water partition coefficient (Wildman–Crippen LogP) is 3.61. The zero-order valence-corrected chi connectivity index (χ0v) is 11.8. The van der Waals surface area contributed by atoms with Gasteiger partial charge in [-0.2, -0.15) is 0 Å². The number of benzene rings is 1.